The molecule has 6 nitrogen and oxygen atoms in total. The van der Waals surface area contributed by atoms with Crippen molar-refractivity contribution in [1.29, 1.82) is 0 Å². The number of carbonyl (C=O) groups excluding carboxylic acids is 1. The highest BCUT2D eigenvalue weighted by atomic mass is 32.2. The number of benzene rings is 2. The molecule has 0 saturated carbocycles. The van der Waals surface area contributed by atoms with Crippen LogP contribution in [0.5, 0.6) is 0 Å². The van der Waals surface area contributed by atoms with Gasteiger partial charge in [0.2, 0.25) is 11.1 Å². The van der Waals surface area contributed by atoms with Crippen LogP contribution < -0.4 is 4.90 Å². The van der Waals surface area contributed by atoms with E-state index in [1.165, 1.54) is 22.5 Å². The van der Waals surface area contributed by atoms with E-state index in [-0.39, 0.29) is 17.3 Å². The molecule has 0 fully saturated rings. The number of halogens is 1. The molecule has 0 spiro atoms. The zero-order chi connectivity index (χ0) is 17.6. The third-order valence-corrected chi connectivity index (χ3v) is 4.44. The maximum absolute atomic E-state index is 13.9. The fourth-order valence-electron chi connectivity index (χ4n) is 2.36. The molecule has 3 rings (SSSR count). The zero-order valence-electron chi connectivity index (χ0n) is 13.5. The van der Waals surface area contributed by atoms with E-state index in [0.717, 1.165) is 5.69 Å². The van der Waals surface area contributed by atoms with Crippen LogP contribution in [0.1, 0.15) is 6.92 Å². The molecule has 0 aliphatic carbocycles. The van der Waals surface area contributed by atoms with Gasteiger partial charge in [0, 0.05) is 12.2 Å². The number of carbonyl (C=O) groups is 1. The summed E-state index contributed by atoms with van der Waals surface area (Å²) in [4.78, 5) is 14.2. The first-order chi connectivity index (χ1) is 12.2. The van der Waals surface area contributed by atoms with Crippen LogP contribution >= 0.6 is 11.8 Å². The van der Waals surface area contributed by atoms with Gasteiger partial charge in [-0.3, -0.25) is 4.79 Å². The molecule has 0 aliphatic heterocycles. The van der Waals surface area contributed by atoms with E-state index in [1.54, 1.807) is 23.1 Å². The highest BCUT2D eigenvalue weighted by molar-refractivity contribution is 7.99. The summed E-state index contributed by atoms with van der Waals surface area (Å²) < 4.78 is 15.2. The minimum absolute atomic E-state index is 0.0678. The largest absolute Gasteiger partial charge is 0.312 e. The molecule has 1 aromatic heterocycles. The van der Waals surface area contributed by atoms with Crippen LogP contribution in [0.25, 0.3) is 5.69 Å². The molecule has 8 heteroatoms. The zero-order valence-corrected chi connectivity index (χ0v) is 14.4. The molecular weight excluding hydrogens is 341 g/mol. The Labute approximate surface area is 148 Å². The highest BCUT2D eigenvalue weighted by Crippen LogP contribution is 2.21. The minimum atomic E-state index is -0.428. The number of amides is 1. The SMILES string of the molecule is CCN(C(=O)CSc1nnnn1-c1ccccc1F)c1ccccc1. The second kappa shape index (κ2) is 7.89. The van der Waals surface area contributed by atoms with Gasteiger partial charge < -0.3 is 4.90 Å². The van der Waals surface area contributed by atoms with E-state index in [0.29, 0.717) is 11.7 Å². The van der Waals surface area contributed by atoms with Gasteiger partial charge in [0.1, 0.15) is 11.5 Å². The lowest BCUT2D eigenvalue weighted by Crippen LogP contribution is -2.32. The fourth-order valence-corrected chi connectivity index (χ4v) is 3.12. The summed E-state index contributed by atoms with van der Waals surface area (Å²) in [6.45, 7) is 2.47. The molecule has 0 atom stereocenters. The van der Waals surface area contributed by atoms with Crippen molar-refractivity contribution >= 4 is 23.4 Å². The fraction of sp³-hybridized carbons (Fsp3) is 0.176. The lowest BCUT2D eigenvalue weighted by atomic mass is 10.3. The Kier molecular flexibility index (Phi) is 5.39. The summed E-state index contributed by atoms with van der Waals surface area (Å²) in [5.74, 6) is -0.346. The van der Waals surface area contributed by atoms with Crippen LogP contribution in [0.4, 0.5) is 10.1 Å². The predicted molar refractivity (Wildman–Crippen MR) is 94.3 cm³/mol. The van der Waals surface area contributed by atoms with E-state index < -0.39 is 5.82 Å². The van der Waals surface area contributed by atoms with Crippen molar-refractivity contribution in [3.05, 3.63) is 60.4 Å². The van der Waals surface area contributed by atoms with E-state index in [2.05, 4.69) is 15.5 Å². The Morgan fingerprint density at radius 1 is 1.16 bits per heavy atom. The van der Waals surface area contributed by atoms with Gasteiger partial charge in [-0.15, -0.1) is 5.10 Å². The molecule has 0 aliphatic rings. The molecule has 3 aromatic rings. The van der Waals surface area contributed by atoms with Gasteiger partial charge in [-0.05, 0) is 41.6 Å². The Bertz CT molecular complexity index is 855. The number of rotatable bonds is 6. The third kappa shape index (κ3) is 3.85. The van der Waals surface area contributed by atoms with Gasteiger partial charge in [-0.1, -0.05) is 42.1 Å². The monoisotopic (exact) mass is 357 g/mol. The van der Waals surface area contributed by atoms with Crippen LogP contribution in [0, 0.1) is 5.82 Å². The van der Waals surface area contributed by atoms with Gasteiger partial charge in [0.25, 0.3) is 0 Å². The first-order valence-electron chi connectivity index (χ1n) is 7.72. The molecule has 0 unspecified atom stereocenters. The summed E-state index contributed by atoms with van der Waals surface area (Å²) in [6.07, 6.45) is 0. The minimum Gasteiger partial charge on any atom is -0.312 e. The van der Waals surface area contributed by atoms with E-state index in [1.807, 2.05) is 37.3 Å². The number of nitrogens with zero attached hydrogens (tertiary/aromatic N) is 5. The van der Waals surface area contributed by atoms with Crippen LogP contribution in [-0.4, -0.2) is 38.4 Å². The summed E-state index contributed by atoms with van der Waals surface area (Å²) in [5, 5.41) is 11.7. The van der Waals surface area contributed by atoms with Crippen LogP contribution in [0.2, 0.25) is 0 Å². The van der Waals surface area contributed by atoms with E-state index >= 15 is 0 Å². The molecule has 2 aromatic carbocycles. The lowest BCUT2D eigenvalue weighted by molar-refractivity contribution is -0.116. The molecule has 128 valence electrons. The first kappa shape index (κ1) is 17.1. The summed E-state index contributed by atoms with van der Waals surface area (Å²) in [5.41, 5.74) is 1.09. The van der Waals surface area contributed by atoms with Crippen molar-refractivity contribution in [2.45, 2.75) is 12.1 Å². The van der Waals surface area contributed by atoms with Crippen molar-refractivity contribution in [2.75, 3.05) is 17.2 Å². The second-order valence-electron chi connectivity index (χ2n) is 5.09. The van der Waals surface area contributed by atoms with Gasteiger partial charge in [0.05, 0.1) is 5.75 Å². The van der Waals surface area contributed by atoms with Crippen LogP contribution in [-0.2, 0) is 4.79 Å². The van der Waals surface area contributed by atoms with Gasteiger partial charge in [-0.2, -0.15) is 4.68 Å². The average Bonchev–Trinajstić information content (AvgIpc) is 3.10. The molecule has 0 N–H and O–H groups in total. The van der Waals surface area contributed by atoms with Gasteiger partial charge in [0.15, 0.2) is 0 Å². The number of thioether (sulfide) groups is 1. The number of hydrogen-bond donors (Lipinski definition) is 0. The van der Waals surface area contributed by atoms with Crippen molar-refractivity contribution in [2.24, 2.45) is 0 Å². The topological polar surface area (TPSA) is 63.9 Å². The molecule has 25 heavy (non-hydrogen) atoms. The molecule has 0 bridgehead atoms. The molecule has 0 radical (unpaired) electrons. The lowest BCUT2D eigenvalue weighted by Gasteiger charge is -2.20. The van der Waals surface area contributed by atoms with Crippen molar-refractivity contribution < 1.29 is 9.18 Å². The maximum atomic E-state index is 13.9. The van der Waals surface area contributed by atoms with Gasteiger partial charge in [-0.25, -0.2) is 4.39 Å². The van der Waals surface area contributed by atoms with E-state index in [4.69, 9.17) is 0 Å². The quantitative estimate of drug-likeness (QED) is 0.635. The van der Waals surface area contributed by atoms with Crippen molar-refractivity contribution in [1.82, 2.24) is 20.2 Å². The first-order valence-corrected chi connectivity index (χ1v) is 8.70. The van der Waals surface area contributed by atoms with E-state index in [9.17, 15) is 9.18 Å². The normalized spacial score (nSPS) is 10.6. The molecular formula is C17H16FN5OS. The predicted octanol–water partition coefficient (Wildman–Crippen LogP) is 2.95. The maximum Gasteiger partial charge on any atom is 0.237 e. The highest BCUT2D eigenvalue weighted by Gasteiger charge is 2.17. The number of tetrazole rings is 1. The number of hydrogen-bond acceptors (Lipinski definition) is 5. The summed E-state index contributed by atoms with van der Waals surface area (Å²) >= 11 is 1.17. The number of para-hydroxylation sites is 2. The average molecular weight is 357 g/mol. The van der Waals surface area contributed by atoms with Crippen LogP contribution in [0.15, 0.2) is 59.8 Å². The second-order valence-corrected chi connectivity index (χ2v) is 6.03. The molecule has 1 amide bonds. The molecule has 1 heterocycles. The standard InChI is InChI=1S/C17H16FN5OS/c1-2-22(13-8-4-3-5-9-13)16(24)12-25-17-19-20-21-23(17)15-11-7-6-10-14(15)18/h3-11H,2,12H2,1H3. The Balaban J connectivity index is 1.73. The molecule has 0 saturated heterocycles. The van der Waals surface area contributed by atoms with Crippen molar-refractivity contribution in [3.8, 4) is 5.69 Å². The Hall–Kier alpha value is -2.74. The van der Waals surface area contributed by atoms with Crippen molar-refractivity contribution in [3.63, 3.8) is 0 Å². The summed E-state index contributed by atoms with van der Waals surface area (Å²) in [7, 11) is 0. The Morgan fingerprint density at radius 3 is 2.60 bits per heavy atom. The van der Waals surface area contributed by atoms with Gasteiger partial charge >= 0.3 is 0 Å². The van der Waals surface area contributed by atoms with Crippen LogP contribution in [0.3, 0.4) is 0 Å². The summed E-state index contributed by atoms with van der Waals surface area (Å²) in [6, 6.07) is 15.7. The number of anilines is 1. The number of aromatic nitrogens is 4. The third-order valence-electron chi connectivity index (χ3n) is 3.53. The Morgan fingerprint density at radius 2 is 1.88 bits per heavy atom. The smallest absolute Gasteiger partial charge is 0.237 e.